The number of aryl methyl sites for hydroxylation is 1. The molecular formula is C16H23N5. The minimum absolute atomic E-state index is 0.287. The molecule has 0 radical (unpaired) electrons. The number of hydrogen-bond donors (Lipinski definition) is 1. The molecule has 2 aromatic rings. The topological polar surface area (TPSA) is 60.0 Å². The number of benzene rings is 1. The zero-order valence-corrected chi connectivity index (χ0v) is 12.8. The average molecular weight is 285 g/mol. The van der Waals surface area contributed by atoms with Gasteiger partial charge in [-0.3, -0.25) is 4.90 Å². The van der Waals surface area contributed by atoms with E-state index in [-0.39, 0.29) is 5.41 Å². The van der Waals surface area contributed by atoms with Crippen molar-refractivity contribution in [3.05, 3.63) is 42.0 Å². The molecule has 3 rings (SSSR count). The number of nitrogens with two attached hydrogens (primary N) is 1. The van der Waals surface area contributed by atoms with Crippen molar-refractivity contribution in [1.29, 1.82) is 0 Å². The van der Waals surface area contributed by atoms with Gasteiger partial charge in [-0.15, -0.1) is 0 Å². The number of likely N-dealkylation sites (tertiary alicyclic amines) is 1. The van der Waals surface area contributed by atoms with E-state index in [0.29, 0.717) is 0 Å². The summed E-state index contributed by atoms with van der Waals surface area (Å²) in [7, 11) is 0. The van der Waals surface area contributed by atoms with Gasteiger partial charge in [-0.05, 0) is 49.0 Å². The molecule has 5 heteroatoms. The van der Waals surface area contributed by atoms with Crippen LogP contribution < -0.4 is 5.73 Å². The molecule has 2 N–H and O–H groups in total. The van der Waals surface area contributed by atoms with E-state index in [9.17, 15) is 0 Å². The van der Waals surface area contributed by atoms with E-state index in [1.165, 1.54) is 17.5 Å². The van der Waals surface area contributed by atoms with Gasteiger partial charge in [0.2, 0.25) is 0 Å². The van der Waals surface area contributed by atoms with Gasteiger partial charge in [0.15, 0.2) is 0 Å². The van der Waals surface area contributed by atoms with Gasteiger partial charge in [-0.1, -0.05) is 19.1 Å². The first kappa shape index (κ1) is 14.2. The second kappa shape index (κ2) is 5.58. The summed E-state index contributed by atoms with van der Waals surface area (Å²) in [6, 6.07) is 6.55. The molecule has 5 nitrogen and oxygen atoms in total. The van der Waals surface area contributed by atoms with Crippen LogP contribution in [0.3, 0.4) is 0 Å². The predicted molar refractivity (Wildman–Crippen MR) is 83.2 cm³/mol. The lowest BCUT2D eigenvalue weighted by atomic mass is 9.90. The van der Waals surface area contributed by atoms with Gasteiger partial charge in [0.25, 0.3) is 0 Å². The van der Waals surface area contributed by atoms with Gasteiger partial charge in [-0.25, -0.2) is 9.67 Å². The number of aromatic nitrogens is 3. The van der Waals surface area contributed by atoms with Crippen molar-refractivity contribution in [2.24, 2.45) is 11.1 Å². The summed E-state index contributed by atoms with van der Waals surface area (Å²) < 4.78 is 1.81. The number of rotatable bonds is 4. The van der Waals surface area contributed by atoms with Crippen LogP contribution in [0.5, 0.6) is 0 Å². The average Bonchev–Trinajstić information content (AvgIpc) is 3.10. The van der Waals surface area contributed by atoms with Crippen LogP contribution in [-0.4, -0.2) is 39.3 Å². The normalized spacial score (nSPS) is 22.8. The van der Waals surface area contributed by atoms with E-state index in [4.69, 9.17) is 5.73 Å². The molecule has 1 aromatic carbocycles. The fraction of sp³-hybridized carbons (Fsp3) is 0.500. The fourth-order valence-corrected chi connectivity index (χ4v) is 3.09. The van der Waals surface area contributed by atoms with Gasteiger partial charge >= 0.3 is 0 Å². The van der Waals surface area contributed by atoms with Crippen molar-refractivity contribution in [2.45, 2.75) is 26.8 Å². The van der Waals surface area contributed by atoms with Crippen LogP contribution in [0.4, 0.5) is 0 Å². The van der Waals surface area contributed by atoms with Crippen molar-refractivity contribution >= 4 is 0 Å². The molecular weight excluding hydrogens is 262 g/mol. The summed E-state index contributed by atoms with van der Waals surface area (Å²) in [4.78, 5) is 6.50. The molecule has 1 aliphatic heterocycles. The highest BCUT2D eigenvalue weighted by Gasteiger charge is 2.32. The Morgan fingerprint density at radius 2 is 2.24 bits per heavy atom. The summed E-state index contributed by atoms with van der Waals surface area (Å²) in [5, 5.41) is 4.19. The third-order valence-corrected chi connectivity index (χ3v) is 4.46. The Hall–Kier alpha value is -1.72. The smallest absolute Gasteiger partial charge is 0.138 e. The van der Waals surface area contributed by atoms with Crippen molar-refractivity contribution in [1.82, 2.24) is 19.7 Å². The van der Waals surface area contributed by atoms with E-state index >= 15 is 0 Å². The van der Waals surface area contributed by atoms with E-state index in [1.54, 1.807) is 17.3 Å². The quantitative estimate of drug-likeness (QED) is 0.929. The Labute approximate surface area is 125 Å². The maximum atomic E-state index is 5.88. The molecule has 0 bridgehead atoms. The highest BCUT2D eigenvalue weighted by Crippen LogP contribution is 2.29. The predicted octanol–water partition coefficient (Wildman–Crippen LogP) is 1.75. The summed E-state index contributed by atoms with van der Waals surface area (Å²) in [5.41, 5.74) is 9.82. The third kappa shape index (κ3) is 2.99. The highest BCUT2D eigenvalue weighted by atomic mass is 15.3. The highest BCUT2D eigenvalue weighted by molar-refractivity contribution is 5.41. The molecule has 1 unspecified atom stereocenters. The lowest BCUT2D eigenvalue weighted by molar-refractivity contribution is 0.274. The van der Waals surface area contributed by atoms with Crippen LogP contribution >= 0.6 is 0 Å². The Kier molecular flexibility index (Phi) is 3.78. The fourth-order valence-electron chi connectivity index (χ4n) is 3.09. The molecule has 1 aliphatic rings. The van der Waals surface area contributed by atoms with Crippen LogP contribution in [0.2, 0.25) is 0 Å². The second-order valence-electron chi connectivity index (χ2n) is 6.44. The van der Waals surface area contributed by atoms with Crippen LogP contribution in [0.1, 0.15) is 24.5 Å². The van der Waals surface area contributed by atoms with E-state index in [0.717, 1.165) is 31.9 Å². The third-order valence-electron chi connectivity index (χ3n) is 4.46. The molecule has 21 heavy (non-hydrogen) atoms. The molecule has 112 valence electrons. The van der Waals surface area contributed by atoms with E-state index in [1.807, 2.05) is 0 Å². The lowest BCUT2D eigenvalue weighted by Crippen LogP contribution is -2.31. The first-order valence-corrected chi connectivity index (χ1v) is 7.47. The Bertz CT molecular complexity index is 607. The van der Waals surface area contributed by atoms with Gasteiger partial charge in [-0.2, -0.15) is 5.10 Å². The molecule has 0 spiro atoms. The minimum atomic E-state index is 0.287. The summed E-state index contributed by atoms with van der Waals surface area (Å²) in [6.07, 6.45) is 4.49. The maximum absolute atomic E-state index is 5.88. The summed E-state index contributed by atoms with van der Waals surface area (Å²) >= 11 is 0. The first-order chi connectivity index (χ1) is 10.1. The van der Waals surface area contributed by atoms with Gasteiger partial charge < -0.3 is 5.73 Å². The molecule has 1 fully saturated rings. The summed E-state index contributed by atoms with van der Waals surface area (Å²) in [5.74, 6) is 0. The minimum Gasteiger partial charge on any atom is -0.330 e. The number of hydrogen-bond acceptors (Lipinski definition) is 4. The van der Waals surface area contributed by atoms with Crippen molar-refractivity contribution in [3.63, 3.8) is 0 Å². The molecule has 1 aromatic heterocycles. The Balaban J connectivity index is 1.72. The standard InChI is InChI=1S/C16H23N5/c1-13-7-14(3-4-15(13)21-12-18-11-19-21)8-20-6-5-16(2,9-17)10-20/h3-4,7,11-12H,5-6,8-10,17H2,1-2H3. The van der Waals surface area contributed by atoms with Crippen LogP contribution in [0.25, 0.3) is 5.69 Å². The molecule has 2 heterocycles. The molecule has 1 saturated heterocycles. The lowest BCUT2D eigenvalue weighted by Gasteiger charge is -2.22. The maximum Gasteiger partial charge on any atom is 0.138 e. The van der Waals surface area contributed by atoms with Gasteiger partial charge in [0, 0.05) is 13.1 Å². The van der Waals surface area contributed by atoms with Crippen LogP contribution in [0.15, 0.2) is 30.9 Å². The van der Waals surface area contributed by atoms with Crippen LogP contribution in [-0.2, 0) is 6.54 Å². The monoisotopic (exact) mass is 285 g/mol. The molecule has 1 atom stereocenters. The van der Waals surface area contributed by atoms with Gasteiger partial charge in [0.05, 0.1) is 5.69 Å². The number of nitrogens with zero attached hydrogens (tertiary/aromatic N) is 4. The van der Waals surface area contributed by atoms with Gasteiger partial charge in [0.1, 0.15) is 12.7 Å². The first-order valence-electron chi connectivity index (χ1n) is 7.47. The van der Waals surface area contributed by atoms with Crippen molar-refractivity contribution < 1.29 is 0 Å². The molecule has 0 aliphatic carbocycles. The van der Waals surface area contributed by atoms with E-state index in [2.05, 4.69) is 47.0 Å². The summed E-state index contributed by atoms with van der Waals surface area (Å²) in [6.45, 7) is 8.40. The SMILES string of the molecule is Cc1cc(CN2CCC(C)(CN)C2)ccc1-n1cncn1. The second-order valence-corrected chi connectivity index (χ2v) is 6.44. The Morgan fingerprint density at radius 3 is 2.86 bits per heavy atom. The van der Waals surface area contributed by atoms with Crippen molar-refractivity contribution in [2.75, 3.05) is 19.6 Å². The zero-order valence-electron chi connectivity index (χ0n) is 12.8. The Morgan fingerprint density at radius 1 is 1.38 bits per heavy atom. The largest absolute Gasteiger partial charge is 0.330 e. The zero-order chi connectivity index (χ0) is 14.9. The molecule has 0 saturated carbocycles. The molecule has 0 amide bonds. The van der Waals surface area contributed by atoms with E-state index < -0.39 is 0 Å². The van der Waals surface area contributed by atoms with Crippen LogP contribution in [0, 0.1) is 12.3 Å². The van der Waals surface area contributed by atoms with Crippen molar-refractivity contribution in [3.8, 4) is 5.69 Å².